The van der Waals surface area contributed by atoms with Crippen molar-refractivity contribution in [2.45, 2.75) is 11.8 Å². The number of nitrogens with one attached hydrogen (secondary N) is 1. The summed E-state index contributed by atoms with van der Waals surface area (Å²) in [5.74, 6) is -0.444. The summed E-state index contributed by atoms with van der Waals surface area (Å²) in [5.41, 5.74) is 7.93. The number of benzene rings is 2. The topological polar surface area (TPSA) is 72.2 Å². The van der Waals surface area contributed by atoms with Gasteiger partial charge in [-0.05, 0) is 30.7 Å². The molecule has 0 bridgehead atoms. The monoisotopic (exact) mass is 326 g/mol. The Kier molecular flexibility index (Phi) is 6.00. The van der Waals surface area contributed by atoms with Gasteiger partial charge in [0.25, 0.3) is 0 Å². The molecule has 0 aromatic heterocycles. The number of aryl methyl sites for hydroxylation is 1. The second kappa shape index (κ2) is 8.19. The van der Waals surface area contributed by atoms with Gasteiger partial charge in [0.15, 0.2) is 0 Å². The molecule has 0 saturated carbocycles. The molecule has 0 heterocycles. The summed E-state index contributed by atoms with van der Waals surface area (Å²) in [7, 11) is 0. The van der Waals surface area contributed by atoms with Crippen molar-refractivity contribution in [3.05, 3.63) is 65.7 Å². The Labute approximate surface area is 139 Å². The minimum atomic E-state index is -0.393. The van der Waals surface area contributed by atoms with Crippen molar-refractivity contribution in [1.82, 2.24) is 0 Å². The minimum absolute atomic E-state index is 0.173. The van der Waals surface area contributed by atoms with Gasteiger partial charge in [0.05, 0.1) is 11.4 Å². The molecule has 2 rings (SSSR count). The zero-order chi connectivity index (χ0) is 16.7. The van der Waals surface area contributed by atoms with Crippen LogP contribution >= 0.6 is 11.8 Å². The number of hydrogen-bond donors (Lipinski definition) is 2. The van der Waals surface area contributed by atoms with Crippen molar-refractivity contribution >= 4 is 35.3 Å². The maximum Gasteiger partial charge on any atom is 0.248 e. The first-order valence-corrected chi connectivity index (χ1v) is 8.09. The second-order valence-corrected chi connectivity index (χ2v) is 6.01. The van der Waals surface area contributed by atoms with Crippen LogP contribution in [0, 0.1) is 6.92 Å². The predicted molar refractivity (Wildman–Crippen MR) is 95.2 cm³/mol. The van der Waals surface area contributed by atoms with E-state index < -0.39 is 5.91 Å². The molecule has 2 aromatic carbocycles. The molecule has 0 aliphatic carbocycles. The number of carbonyl (C=O) groups excluding carboxylic acids is 2. The van der Waals surface area contributed by atoms with Gasteiger partial charge >= 0.3 is 0 Å². The van der Waals surface area contributed by atoms with Crippen molar-refractivity contribution in [2.75, 3.05) is 11.1 Å². The van der Waals surface area contributed by atoms with Crippen LogP contribution in [0.15, 0.2) is 59.5 Å². The fourth-order valence-electron chi connectivity index (χ4n) is 1.96. The average molecular weight is 326 g/mol. The van der Waals surface area contributed by atoms with E-state index in [1.807, 2.05) is 49.4 Å². The Hall–Kier alpha value is -2.53. The van der Waals surface area contributed by atoms with Crippen LogP contribution < -0.4 is 11.1 Å². The number of para-hydroxylation sites is 1. The molecule has 0 fully saturated rings. The van der Waals surface area contributed by atoms with Gasteiger partial charge in [0.1, 0.15) is 0 Å². The van der Waals surface area contributed by atoms with Crippen LogP contribution in [0.1, 0.15) is 11.1 Å². The van der Waals surface area contributed by atoms with E-state index in [0.717, 1.165) is 16.0 Å². The Morgan fingerprint density at radius 2 is 1.96 bits per heavy atom. The lowest BCUT2D eigenvalue weighted by atomic mass is 10.1. The SMILES string of the molecule is Cc1cccc(/C=C/C(=O)Nc2ccccc2SCC(N)=O)c1. The highest BCUT2D eigenvalue weighted by atomic mass is 32.2. The molecular formula is C18H18N2O2S. The van der Waals surface area contributed by atoms with E-state index in [-0.39, 0.29) is 11.7 Å². The standard InChI is InChI=1S/C18H18N2O2S/c1-13-5-4-6-14(11-13)9-10-18(22)20-15-7-2-3-8-16(15)23-12-17(19)21/h2-11H,12H2,1H3,(H2,19,21)(H,20,22)/b10-9+. The lowest BCUT2D eigenvalue weighted by Crippen LogP contribution is -2.13. The molecular weight excluding hydrogens is 308 g/mol. The van der Waals surface area contributed by atoms with E-state index in [0.29, 0.717) is 5.69 Å². The summed E-state index contributed by atoms with van der Waals surface area (Å²) in [4.78, 5) is 23.8. The van der Waals surface area contributed by atoms with E-state index in [2.05, 4.69) is 5.32 Å². The fraction of sp³-hybridized carbons (Fsp3) is 0.111. The van der Waals surface area contributed by atoms with Crippen LogP contribution in [0.25, 0.3) is 6.08 Å². The van der Waals surface area contributed by atoms with Gasteiger partial charge in [0, 0.05) is 11.0 Å². The Morgan fingerprint density at radius 1 is 1.17 bits per heavy atom. The summed E-state index contributed by atoms with van der Waals surface area (Å²) in [5, 5.41) is 2.82. The van der Waals surface area contributed by atoms with Crippen LogP contribution in [0.3, 0.4) is 0 Å². The van der Waals surface area contributed by atoms with Gasteiger partial charge < -0.3 is 11.1 Å². The summed E-state index contributed by atoms with van der Waals surface area (Å²) in [6, 6.07) is 15.2. The minimum Gasteiger partial charge on any atom is -0.369 e. The number of hydrogen-bond acceptors (Lipinski definition) is 3. The molecule has 4 nitrogen and oxygen atoms in total. The molecule has 0 spiro atoms. The van der Waals surface area contributed by atoms with Crippen molar-refractivity contribution < 1.29 is 9.59 Å². The number of nitrogens with two attached hydrogens (primary N) is 1. The Bertz CT molecular complexity index is 741. The zero-order valence-corrected chi connectivity index (χ0v) is 13.6. The van der Waals surface area contributed by atoms with Gasteiger partial charge in [-0.3, -0.25) is 9.59 Å². The van der Waals surface area contributed by atoms with Crippen LogP contribution in [0.4, 0.5) is 5.69 Å². The van der Waals surface area contributed by atoms with E-state index in [4.69, 9.17) is 5.73 Å². The Balaban J connectivity index is 2.04. The first kappa shape index (κ1) is 16.8. The van der Waals surface area contributed by atoms with Gasteiger partial charge in [-0.1, -0.05) is 42.0 Å². The first-order chi connectivity index (χ1) is 11.0. The molecule has 0 aliphatic heterocycles. The highest BCUT2D eigenvalue weighted by Crippen LogP contribution is 2.26. The third kappa shape index (κ3) is 5.64. The Morgan fingerprint density at radius 3 is 2.70 bits per heavy atom. The largest absolute Gasteiger partial charge is 0.369 e. The lowest BCUT2D eigenvalue weighted by Gasteiger charge is -2.08. The third-order valence-electron chi connectivity index (χ3n) is 2.98. The molecule has 3 N–H and O–H groups in total. The normalized spacial score (nSPS) is 10.7. The zero-order valence-electron chi connectivity index (χ0n) is 12.8. The smallest absolute Gasteiger partial charge is 0.248 e. The van der Waals surface area contributed by atoms with Crippen LogP contribution in [0.2, 0.25) is 0 Å². The maximum absolute atomic E-state index is 12.1. The van der Waals surface area contributed by atoms with E-state index in [9.17, 15) is 9.59 Å². The molecule has 0 unspecified atom stereocenters. The summed E-state index contributed by atoms with van der Waals surface area (Å²) >= 11 is 1.30. The average Bonchev–Trinajstić information content (AvgIpc) is 2.52. The molecule has 118 valence electrons. The third-order valence-corrected chi connectivity index (χ3v) is 4.08. The number of carbonyl (C=O) groups is 2. The lowest BCUT2D eigenvalue weighted by molar-refractivity contribution is -0.115. The second-order valence-electron chi connectivity index (χ2n) is 4.99. The van der Waals surface area contributed by atoms with E-state index in [1.54, 1.807) is 12.1 Å². The number of amides is 2. The highest BCUT2D eigenvalue weighted by molar-refractivity contribution is 8.00. The van der Waals surface area contributed by atoms with Crippen LogP contribution in [0.5, 0.6) is 0 Å². The molecule has 0 radical (unpaired) electrons. The predicted octanol–water partition coefficient (Wildman–Crippen LogP) is 3.22. The molecule has 23 heavy (non-hydrogen) atoms. The van der Waals surface area contributed by atoms with Gasteiger partial charge in [-0.25, -0.2) is 0 Å². The molecule has 0 saturated heterocycles. The molecule has 5 heteroatoms. The number of primary amides is 1. The highest BCUT2D eigenvalue weighted by Gasteiger charge is 2.06. The summed E-state index contributed by atoms with van der Waals surface area (Å²) in [6.45, 7) is 2.00. The van der Waals surface area contributed by atoms with Crippen molar-refractivity contribution in [3.8, 4) is 0 Å². The van der Waals surface area contributed by atoms with Crippen LogP contribution in [-0.2, 0) is 9.59 Å². The quantitative estimate of drug-likeness (QED) is 0.632. The van der Waals surface area contributed by atoms with Gasteiger partial charge in [0.2, 0.25) is 11.8 Å². The van der Waals surface area contributed by atoms with Crippen molar-refractivity contribution in [1.29, 1.82) is 0 Å². The van der Waals surface area contributed by atoms with Crippen molar-refractivity contribution in [2.24, 2.45) is 5.73 Å². The fourth-order valence-corrected chi connectivity index (χ4v) is 2.71. The molecule has 2 amide bonds. The molecule has 0 aliphatic rings. The van der Waals surface area contributed by atoms with Gasteiger partial charge in [-0.15, -0.1) is 11.8 Å². The number of anilines is 1. The maximum atomic E-state index is 12.1. The number of rotatable bonds is 6. The molecule has 2 aromatic rings. The van der Waals surface area contributed by atoms with E-state index in [1.165, 1.54) is 17.8 Å². The molecule has 0 atom stereocenters. The summed E-state index contributed by atoms with van der Waals surface area (Å²) < 4.78 is 0. The van der Waals surface area contributed by atoms with Crippen LogP contribution in [-0.4, -0.2) is 17.6 Å². The van der Waals surface area contributed by atoms with Gasteiger partial charge in [-0.2, -0.15) is 0 Å². The van der Waals surface area contributed by atoms with E-state index >= 15 is 0 Å². The van der Waals surface area contributed by atoms with Crippen molar-refractivity contribution in [3.63, 3.8) is 0 Å². The number of thioether (sulfide) groups is 1. The first-order valence-electron chi connectivity index (χ1n) is 7.10. The summed E-state index contributed by atoms with van der Waals surface area (Å²) in [6.07, 6.45) is 3.26.